The summed E-state index contributed by atoms with van der Waals surface area (Å²) in [5, 5.41) is 45.1. The molecular formula is C43H74N2O14. The van der Waals surface area contributed by atoms with Gasteiger partial charge in [0.05, 0.1) is 54.7 Å². The molecule has 4 N–H and O–H groups in total. The monoisotopic (exact) mass is 843 g/mol. The van der Waals surface area contributed by atoms with Gasteiger partial charge < -0.3 is 72.9 Å². The van der Waals surface area contributed by atoms with E-state index < -0.39 is 110 Å². The van der Waals surface area contributed by atoms with Crippen molar-refractivity contribution < 1.29 is 67.9 Å². The highest BCUT2D eigenvalue weighted by atomic mass is 16.7. The van der Waals surface area contributed by atoms with Crippen LogP contribution in [0.2, 0.25) is 0 Å². The summed E-state index contributed by atoms with van der Waals surface area (Å²) in [6.45, 7) is 10.8. The van der Waals surface area contributed by atoms with Crippen molar-refractivity contribution in [2.24, 2.45) is 11.8 Å². The molecule has 0 saturated carbocycles. The van der Waals surface area contributed by atoms with Gasteiger partial charge in [0, 0.05) is 32.4 Å². The van der Waals surface area contributed by atoms with E-state index in [1.165, 1.54) is 14.0 Å². The van der Waals surface area contributed by atoms with Gasteiger partial charge in [-0.25, -0.2) is 0 Å². The van der Waals surface area contributed by atoms with Crippen LogP contribution < -0.4 is 0 Å². The summed E-state index contributed by atoms with van der Waals surface area (Å²) in [5.41, 5.74) is -1.47. The van der Waals surface area contributed by atoms with Crippen molar-refractivity contribution in [2.45, 2.75) is 190 Å². The maximum absolute atomic E-state index is 13.1. The second-order valence-electron chi connectivity index (χ2n) is 17.8. The molecule has 4 aliphatic heterocycles. The SMILES string of the molecule is CO[C@@H]1[C@@H](O[C@@H]2O[C@H](C)[C@@H](O[C@H]3C[C@@](C)(O)[C@@H](O)[C@H](C)O3)[C@H](N(C)C)[C@H]2O)[C@@H](CC=O)C[C@@H](C)[C@@H](O[C@@H]2CC[C@H](N(C)C)[C@@H](C)O2)C=CC=CC[C@@H](C)OC(=O)C[C@H]1O. The van der Waals surface area contributed by atoms with Crippen molar-refractivity contribution >= 4 is 12.3 Å². The van der Waals surface area contributed by atoms with Gasteiger partial charge in [0.25, 0.3) is 0 Å². The molecule has 0 aliphatic carbocycles. The summed E-state index contributed by atoms with van der Waals surface area (Å²) >= 11 is 0. The van der Waals surface area contributed by atoms with E-state index in [9.17, 15) is 30.0 Å². The molecular weight excluding hydrogens is 768 g/mol. The van der Waals surface area contributed by atoms with E-state index in [4.69, 9.17) is 37.9 Å². The van der Waals surface area contributed by atoms with E-state index in [1.54, 1.807) is 39.8 Å². The van der Waals surface area contributed by atoms with Crippen molar-refractivity contribution in [1.29, 1.82) is 0 Å². The Morgan fingerprint density at radius 1 is 0.864 bits per heavy atom. The van der Waals surface area contributed by atoms with Gasteiger partial charge in [0.2, 0.25) is 0 Å². The molecule has 4 aliphatic rings. The Hall–Kier alpha value is -1.90. The molecule has 16 heteroatoms. The number of allylic oxidation sites excluding steroid dienone is 2. The first-order valence-electron chi connectivity index (χ1n) is 21.3. The molecule has 4 rings (SSSR count). The lowest BCUT2D eigenvalue weighted by molar-refractivity contribution is -0.344. The van der Waals surface area contributed by atoms with Crippen LogP contribution in [0.5, 0.6) is 0 Å². The molecule has 0 aromatic rings. The zero-order valence-corrected chi connectivity index (χ0v) is 37.0. The van der Waals surface area contributed by atoms with Crippen LogP contribution in [0.1, 0.15) is 86.5 Å². The quantitative estimate of drug-likeness (QED) is 0.175. The second kappa shape index (κ2) is 22.5. The molecule has 16 nitrogen and oxygen atoms in total. The first kappa shape index (κ1) is 49.8. The fourth-order valence-corrected chi connectivity index (χ4v) is 9.10. The largest absolute Gasteiger partial charge is 0.462 e. The van der Waals surface area contributed by atoms with Gasteiger partial charge in [-0.3, -0.25) is 4.79 Å². The summed E-state index contributed by atoms with van der Waals surface area (Å²) in [5.74, 6) is -1.47. The van der Waals surface area contributed by atoms with Crippen LogP contribution in [-0.4, -0.2) is 181 Å². The highest BCUT2D eigenvalue weighted by Crippen LogP contribution is 2.37. The van der Waals surface area contributed by atoms with Gasteiger partial charge in [0.1, 0.15) is 36.8 Å². The van der Waals surface area contributed by atoms with Gasteiger partial charge in [0.15, 0.2) is 18.9 Å². The zero-order valence-electron chi connectivity index (χ0n) is 37.0. The zero-order chi connectivity index (χ0) is 43.8. The highest BCUT2D eigenvalue weighted by molar-refractivity contribution is 5.70. The number of nitrogens with zero attached hydrogens (tertiary/aromatic N) is 2. The number of aliphatic hydroxyl groups is 4. The average molecular weight is 843 g/mol. The molecule has 0 radical (unpaired) electrons. The van der Waals surface area contributed by atoms with E-state index in [-0.39, 0.29) is 30.9 Å². The molecule has 340 valence electrons. The number of carbonyl (C=O) groups excluding carboxylic acids is 2. The third-order valence-electron chi connectivity index (χ3n) is 12.4. The molecule has 59 heavy (non-hydrogen) atoms. The number of likely N-dealkylation sites (N-methyl/N-ethyl adjacent to an activating group) is 2. The van der Waals surface area contributed by atoms with Gasteiger partial charge in [-0.15, -0.1) is 0 Å². The molecule has 0 amide bonds. The molecule has 0 bridgehead atoms. The van der Waals surface area contributed by atoms with Crippen molar-refractivity contribution in [3.05, 3.63) is 24.3 Å². The molecule has 4 heterocycles. The summed E-state index contributed by atoms with van der Waals surface area (Å²) in [6.07, 6.45) is -1.56. The maximum Gasteiger partial charge on any atom is 0.308 e. The number of hydrogen-bond donors (Lipinski definition) is 4. The lowest BCUT2D eigenvalue weighted by Crippen LogP contribution is -2.65. The minimum atomic E-state index is -1.47. The number of methoxy groups -OCH3 is 1. The normalized spacial score (nSPS) is 44.7. The number of aldehydes is 1. The molecule has 0 unspecified atom stereocenters. The van der Waals surface area contributed by atoms with Crippen LogP contribution in [0.3, 0.4) is 0 Å². The number of ether oxygens (including phenoxy) is 8. The summed E-state index contributed by atoms with van der Waals surface area (Å²) in [4.78, 5) is 29.5. The fourth-order valence-electron chi connectivity index (χ4n) is 9.10. The predicted octanol–water partition coefficient (Wildman–Crippen LogP) is 2.33. The van der Waals surface area contributed by atoms with Gasteiger partial charge in [-0.2, -0.15) is 0 Å². The summed E-state index contributed by atoms with van der Waals surface area (Å²) in [7, 11) is 9.03. The molecule has 3 saturated heterocycles. The van der Waals surface area contributed by atoms with Crippen LogP contribution in [0.4, 0.5) is 0 Å². The number of aliphatic hydroxyl groups excluding tert-OH is 3. The average Bonchev–Trinajstić information content (AvgIpc) is 3.13. The molecule has 0 aromatic carbocycles. The van der Waals surface area contributed by atoms with E-state index in [2.05, 4.69) is 4.90 Å². The maximum atomic E-state index is 13.1. The Labute approximate surface area is 351 Å². The Morgan fingerprint density at radius 2 is 1.56 bits per heavy atom. The number of esters is 1. The van der Waals surface area contributed by atoms with Crippen LogP contribution in [-0.2, 0) is 47.5 Å². The van der Waals surface area contributed by atoms with E-state index in [1.807, 2.05) is 52.2 Å². The standard InChI is InChI=1S/C43H74N2O14/c1-24-21-29(19-20-46)39(59-42-37(49)36(45(9)10)38(27(4)56-42)58-35-23-43(6,51)41(50)28(5)55-35)40(52-11)31(47)22-33(48)53-25(2)15-13-12-14-16-32(24)57-34-18-17-30(44(7)8)26(3)54-34/h12-14,16,20,24-32,34-42,47,49-51H,15,17-19,21-23H2,1-11H3/t24-,25-,26-,27-,28+,29+,30+,31-,32+,34-,35+,36-,37-,38-,39+,40+,41+,42+,43-/m1/s1. The van der Waals surface area contributed by atoms with Crippen LogP contribution in [0.15, 0.2) is 24.3 Å². The number of hydrogen-bond acceptors (Lipinski definition) is 16. The lowest BCUT2D eigenvalue weighted by atomic mass is 9.82. The Morgan fingerprint density at radius 3 is 2.17 bits per heavy atom. The van der Waals surface area contributed by atoms with E-state index in [0.717, 1.165) is 12.7 Å². The molecule has 0 spiro atoms. The summed E-state index contributed by atoms with van der Waals surface area (Å²) < 4.78 is 50.0. The highest BCUT2D eigenvalue weighted by Gasteiger charge is 2.52. The molecule has 0 aromatic heterocycles. The Balaban J connectivity index is 1.66. The lowest BCUT2D eigenvalue weighted by Gasteiger charge is -2.50. The first-order chi connectivity index (χ1) is 27.8. The van der Waals surface area contributed by atoms with Crippen molar-refractivity contribution in [3.8, 4) is 0 Å². The van der Waals surface area contributed by atoms with Crippen molar-refractivity contribution in [3.63, 3.8) is 0 Å². The third kappa shape index (κ3) is 13.3. The number of rotatable bonds is 11. The Bertz CT molecular complexity index is 1370. The predicted molar refractivity (Wildman–Crippen MR) is 217 cm³/mol. The Kier molecular flexibility index (Phi) is 18.9. The third-order valence-corrected chi connectivity index (χ3v) is 12.4. The molecule has 19 atom stereocenters. The van der Waals surface area contributed by atoms with Gasteiger partial charge >= 0.3 is 5.97 Å². The number of carbonyl (C=O) groups is 2. The first-order valence-corrected chi connectivity index (χ1v) is 21.3. The van der Waals surface area contributed by atoms with Gasteiger partial charge in [-0.1, -0.05) is 31.2 Å². The topological polar surface area (TPSA) is 195 Å². The number of cyclic esters (lactones) is 1. The van der Waals surface area contributed by atoms with Crippen molar-refractivity contribution in [1.82, 2.24) is 9.80 Å². The van der Waals surface area contributed by atoms with Crippen LogP contribution in [0.25, 0.3) is 0 Å². The van der Waals surface area contributed by atoms with E-state index in [0.29, 0.717) is 19.3 Å². The van der Waals surface area contributed by atoms with Crippen LogP contribution in [0, 0.1) is 11.8 Å². The smallest absolute Gasteiger partial charge is 0.308 e. The molecule has 3 fully saturated rings. The second-order valence-corrected chi connectivity index (χ2v) is 17.8. The fraction of sp³-hybridized carbons (Fsp3) is 0.860. The minimum Gasteiger partial charge on any atom is -0.462 e. The summed E-state index contributed by atoms with van der Waals surface area (Å²) in [6, 6.07) is -0.466. The van der Waals surface area contributed by atoms with Gasteiger partial charge in [-0.05, 0) is 93.9 Å². The minimum absolute atomic E-state index is 0.00885. The van der Waals surface area contributed by atoms with E-state index >= 15 is 0 Å². The van der Waals surface area contributed by atoms with Crippen LogP contribution >= 0.6 is 0 Å². The van der Waals surface area contributed by atoms with Crippen molar-refractivity contribution in [2.75, 3.05) is 35.3 Å².